The molecule has 2 fully saturated rings. The number of rotatable bonds is 5. The average Bonchev–Trinajstić information content (AvgIpc) is 3.75. The third-order valence-electron chi connectivity index (χ3n) is 13.9. The summed E-state index contributed by atoms with van der Waals surface area (Å²) in [5, 5.41) is 12.3. The zero-order chi connectivity index (χ0) is 40.0. The van der Waals surface area contributed by atoms with Crippen LogP contribution in [0.4, 0.5) is 0 Å². The molecule has 2 unspecified atom stereocenters. The summed E-state index contributed by atoms with van der Waals surface area (Å²) in [7, 11) is 0. The predicted octanol–water partition coefficient (Wildman–Crippen LogP) is 13.7. The van der Waals surface area contributed by atoms with Crippen LogP contribution in [0.5, 0.6) is 0 Å². The maximum Gasteiger partial charge on any atom is 0.167 e. The Bertz CT molecular complexity index is 2990. The van der Waals surface area contributed by atoms with Crippen LogP contribution in [-0.4, -0.2) is 15.0 Å². The van der Waals surface area contributed by atoms with E-state index in [-0.39, 0.29) is 10.8 Å². The lowest BCUT2D eigenvalue weighted by atomic mass is 9.54. The van der Waals surface area contributed by atoms with Crippen molar-refractivity contribution >= 4 is 21.9 Å². The fourth-order valence-electron chi connectivity index (χ4n) is 11.8. The standard InChI is InChI=1S/C54H46N4O/c1-32-25-34-26-33(2)29-54(28-32,30-34)39-22-19-36(20-23-39)50-56-51(42-16-10-18-45-47(42)41-15-8-13-38(31-55)48(41)53(45,3)4)58-52(57-50)43-17-9-14-40-44-27-37(35-11-6-5-7-12-35)21-24-46(44)59-49(40)43/h5-24,27,32-34H,25-26,28-30H2,1-4H3/t32-,33+,34?,54?. The van der Waals surface area contributed by atoms with Gasteiger partial charge in [0.2, 0.25) is 0 Å². The maximum atomic E-state index is 10.2. The second-order valence-corrected chi connectivity index (χ2v) is 18.4. The van der Waals surface area contributed by atoms with Crippen molar-refractivity contribution in [2.24, 2.45) is 17.8 Å². The van der Waals surface area contributed by atoms with E-state index in [1.165, 1.54) is 37.7 Å². The molecule has 5 heteroatoms. The van der Waals surface area contributed by atoms with Crippen LogP contribution >= 0.6 is 0 Å². The Balaban J connectivity index is 1.10. The summed E-state index contributed by atoms with van der Waals surface area (Å²) in [6.45, 7) is 9.32. The fraction of sp³-hybridized carbons (Fsp3) is 0.259. The van der Waals surface area contributed by atoms with Crippen molar-refractivity contribution in [3.63, 3.8) is 0 Å². The first kappa shape index (κ1) is 35.8. The third kappa shape index (κ3) is 5.68. The normalized spacial score (nSPS) is 21.6. The Kier molecular flexibility index (Phi) is 8.08. The highest BCUT2D eigenvalue weighted by Crippen LogP contribution is 2.55. The number of furan rings is 1. The molecule has 2 saturated carbocycles. The molecule has 5 nitrogen and oxygen atoms in total. The van der Waals surface area contributed by atoms with Crippen molar-refractivity contribution in [3.05, 3.63) is 150 Å². The Morgan fingerprint density at radius 1 is 0.610 bits per heavy atom. The van der Waals surface area contributed by atoms with Gasteiger partial charge >= 0.3 is 0 Å². The molecule has 0 radical (unpaired) electrons. The minimum atomic E-state index is -0.369. The van der Waals surface area contributed by atoms with Gasteiger partial charge < -0.3 is 4.42 Å². The van der Waals surface area contributed by atoms with Crippen molar-refractivity contribution < 1.29 is 4.42 Å². The smallest absolute Gasteiger partial charge is 0.167 e. The lowest BCUT2D eigenvalue weighted by Gasteiger charge is -2.50. The molecule has 288 valence electrons. The van der Waals surface area contributed by atoms with Crippen molar-refractivity contribution in [1.82, 2.24) is 15.0 Å². The highest BCUT2D eigenvalue weighted by molar-refractivity contribution is 6.10. The van der Waals surface area contributed by atoms with Crippen LogP contribution in [0.2, 0.25) is 0 Å². The third-order valence-corrected chi connectivity index (χ3v) is 13.9. The summed E-state index contributed by atoms with van der Waals surface area (Å²) >= 11 is 0. The van der Waals surface area contributed by atoms with Gasteiger partial charge in [0.15, 0.2) is 17.5 Å². The molecule has 0 spiro atoms. The first-order valence-electron chi connectivity index (χ1n) is 21.2. The summed E-state index contributed by atoms with van der Waals surface area (Å²) < 4.78 is 6.70. The molecule has 0 N–H and O–H groups in total. The molecular formula is C54H46N4O. The van der Waals surface area contributed by atoms with Gasteiger partial charge in [0.25, 0.3) is 0 Å². The second-order valence-electron chi connectivity index (χ2n) is 18.4. The van der Waals surface area contributed by atoms with Gasteiger partial charge in [-0.15, -0.1) is 0 Å². The predicted molar refractivity (Wildman–Crippen MR) is 238 cm³/mol. The zero-order valence-corrected chi connectivity index (χ0v) is 34.1. The quantitative estimate of drug-likeness (QED) is 0.174. The van der Waals surface area contributed by atoms with Crippen LogP contribution in [0.25, 0.3) is 78.4 Å². The number of nitriles is 1. The highest BCUT2D eigenvalue weighted by Gasteiger charge is 2.45. The summed E-state index contributed by atoms with van der Waals surface area (Å²) in [6, 6.07) is 47.2. The molecule has 2 bridgehead atoms. The van der Waals surface area contributed by atoms with Crippen molar-refractivity contribution in [3.8, 4) is 62.5 Å². The van der Waals surface area contributed by atoms with Crippen molar-refractivity contribution in [2.75, 3.05) is 0 Å². The van der Waals surface area contributed by atoms with Crippen LogP contribution in [0.1, 0.15) is 82.1 Å². The summed E-state index contributed by atoms with van der Waals surface area (Å²) in [5.74, 6) is 4.08. The molecule has 3 aliphatic rings. The number of benzene rings is 6. The number of aromatic nitrogens is 3. The Morgan fingerprint density at radius 3 is 2.03 bits per heavy atom. The molecule has 0 saturated heterocycles. The number of hydrogen-bond acceptors (Lipinski definition) is 5. The van der Waals surface area contributed by atoms with Crippen LogP contribution in [0.3, 0.4) is 0 Å². The number of nitrogens with zero attached hydrogens (tertiary/aromatic N) is 4. The number of para-hydroxylation sites is 1. The SMILES string of the molecule is C[C@@H]1CC2C[C@H](C)CC(c3ccc(-c4nc(-c5cccc6c5-c5cccc(C#N)c5C6(C)C)nc(-c5cccc6c5oc5ccc(-c7ccccc7)cc56)n4)cc3)(C2)C1. The summed E-state index contributed by atoms with van der Waals surface area (Å²) in [6.07, 6.45) is 6.52. The molecule has 8 aromatic rings. The lowest BCUT2D eigenvalue weighted by Crippen LogP contribution is -2.42. The minimum Gasteiger partial charge on any atom is -0.455 e. The number of hydrogen-bond donors (Lipinski definition) is 0. The van der Waals surface area contributed by atoms with E-state index in [0.717, 1.165) is 89.8 Å². The lowest BCUT2D eigenvalue weighted by molar-refractivity contribution is 0.0780. The van der Waals surface area contributed by atoms with E-state index >= 15 is 0 Å². The van der Waals surface area contributed by atoms with Crippen LogP contribution in [-0.2, 0) is 10.8 Å². The van der Waals surface area contributed by atoms with E-state index in [1.54, 1.807) is 0 Å². The molecule has 2 aromatic heterocycles. The van der Waals surface area contributed by atoms with Crippen molar-refractivity contribution in [2.45, 2.75) is 70.6 Å². The molecule has 4 atom stereocenters. The molecule has 0 aliphatic heterocycles. The number of fused-ring (bicyclic) bond motifs is 8. The van der Waals surface area contributed by atoms with Crippen LogP contribution in [0, 0.1) is 29.1 Å². The average molecular weight is 767 g/mol. The van der Waals surface area contributed by atoms with Crippen LogP contribution in [0.15, 0.2) is 132 Å². The largest absolute Gasteiger partial charge is 0.455 e. The van der Waals surface area contributed by atoms with E-state index in [1.807, 2.05) is 18.2 Å². The molecule has 2 heterocycles. The first-order valence-corrected chi connectivity index (χ1v) is 21.2. The molecule has 3 aliphatic carbocycles. The van der Waals surface area contributed by atoms with Gasteiger partial charge in [0.1, 0.15) is 11.2 Å². The zero-order valence-electron chi connectivity index (χ0n) is 34.1. The monoisotopic (exact) mass is 766 g/mol. The van der Waals surface area contributed by atoms with Gasteiger partial charge in [-0.3, -0.25) is 0 Å². The first-order chi connectivity index (χ1) is 28.7. The Morgan fingerprint density at radius 2 is 1.27 bits per heavy atom. The van der Waals surface area contributed by atoms with E-state index in [9.17, 15) is 5.26 Å². The van der Waals surface area contributed by atoms with Gasteiger partial charge in [0.05, 0.1) is 17.2 Å². The highest BCUT2D eigenvalue weighted by atomic mass is 16.3. The van der Waals surface area contributed by atoms with Gasteiger partial charge in [0, 0.05) is 27.3 Å². The fourth-order valence-corrected chi connectivity index (χ4v) is 11.8. The second kappa shape index (κ2) is 13.3. The van der Waals surface area contributed by atoms with E-state index in [2.05, 4.69) is 143 Å². The van der Waals surface area contributed by atoms with Crippen LogP contribution < -0.4 is 0 Å². The molecular weight excluding hydrogens is 721 g/mol. The molecule has 0 amide bonds. The topological polar surface area (TPSA) is 75.6 Å². The summed E-state index contributed by atoms with van der Waals surface area (Å²) in [4.78, 5) is 15.9. The van der Waals surface area contributed by atoms with E-state index in [4.69, 9.17) is 19.4 Å². The Hall–Kier alpha value is -6.38. The maximum absolute atomic E-state index is 10.2. The van der Waals surface area contributed by atoms with Gasteiger partial charge in [-0.2, -0.15) is 5.26 Å². The van der Waals surface area contributed by atoms with Crippen molar-refractivity contribution in [1.29, 1.82) is 5.26 Å². The minimum absolute atomic E-state index is 0.234. The van der Waals surface area contributed by atoms with Gasteiger partial charge in [-0.1, -0.05) is 131 Å². The molecule has 59 heavy (non-hydrogen) atoms. The van der Waals surface area contributed by atoms with Gasteiger partial charge in [-0.05, 0) is 118 Å². The van der Waals surface area contributed by atoms with E-state index < -0.39 is 0 Å². The summed E-state index contributed by atoms with van der Waals surface area (Å²) in [5.41, 5.74) is 12.9. The molecule has 6 aromatic carbocycles. The van der Waals surface area contributed by atoms with E-state index in [0.29, 0.717) is 23.0 Å². The van der Waals surface area contributed by atoms with Gasteiger partial charge in [-0.25, -0.2) is 15.0 Å². The Labute approximate surface area is 345 Å². The molecule has 11 rings (SSSR count).